The van der Waals surface area contributed by atoms with E-state index in [1.54, 1.807) is 7.11 Å². The van der Waals surface area contributed by atoms with Gasteiger partial charge in [-0.15, -0.1) is 0 Å². The van der Waals surface area contributed by atoms with Crippen molar-refractivity contribution >= 4 is 22.3 Å². The Kier molecular flexibility index (Phi) is 7.59. The number of hydrogen-bond acceptors (Lipinski definition) is 4. The summed E-state index contributed by atoms with van der Waals surface area (Å²) in [6, 6.07) is 0. The summed E-state index contributed by atoms with van der Waals surface area (Å²) in [6.07, 6.45) is 12.7. The minimum atomic E-state index is -1.59. The average molecular weight is 508 g/mol. The quantitative estimate of drug-likeness (QED) is 0.201. The molecule has 8 atom stereocenters. The molecule has 0 radical (unpaired) electrons. The number of nitrogens with zero attached hydrogens (tertiary/aromatic N) is 1. The zero-order valence-electron chi connectivity index (χ0n) is 23.7. The third-order valence-electron chi connectivity index (χ3n) is 10.4. The second-order valence-electron chi connectivity index (χ2n) is 14.6. The largest absolute Gasteiger partial charge is 0.415 e. The van der Waals surface area contributed by atoms with E-state index in [0.29, 0.717) is 29.5 Å². The molecule has 196 valence electrons. The molecule has 0 saturated heterocycles. The molecule has 0 heterocycles. The predicted octanol–water partition coefficient (Wildman–Crippen LogP) is 7.72. The normalized spacial score (nSPS) is 43.1. The van der Waals surface area contributed by atoms with Gasteiger partial charge in [-0.05, 0) is 132 Å². The fourth-order valence-electron chi connectivity index (χ4n) is 8.97. The van der Waals surface area contributed by atoms with Crippen molar-refractivity contribution in [3.8, 4) is 0 Å². The summed E-state index contributed by atoms with van der Waals surface area (Å²) in [4.78, 5) is 5.36. The van der Waals surface area contributed by atoms with Crippen LogP contribution in [0.5, 0.6) is 0 Å². The van der Waals surface area contributed by atoms with E-state index in [9.17, 15) is 0 Å². The summed E-state index contributed by atoms with van der Waals surface area (Å²) < 4.78 is 12.9. The van der Waals surface area contributed by atoms with Crippen LogP contribution < -0.4 is 0 Å². The summed E-state index contributed by atoms with van der Waals surface area (Å²) >= 11 is 0. The van der Waals surface area contributed by atoms with Crippen LogP contribution in [0.4, 0.5) is 0 Å². The first-order chi connectivity index (χ1) is 15.8. The zero-order chi connectivity index (χ0) is 24.9. The van der Waals surface area contributed by atoms with E-state index in [2.05, 4.69) is 58.3 Å². The molecular weight excluding hydrogens is 454 g/mol. The third kappa shape index (κ3) is 5.26. The van der Waals surface area contributed by atoms with Gasteiger partial charge in [0.2, 0.25) is 0 Å². The smallest absolute Gasteiger partial charge is 0.184 e. The second-order valence-corrected chi connectivity index (χ2v) is 23.6. The molecule has 4 rings (SSSR count). The average Bonchev–Trinajstić information content (AvgIpc) is 3.07. The Morgan fingerprint density at radius 3 is 2.15 bits per heavy atom. The number of hydrogen-bond donors (Lipinski definition) is 0. The Balaban J connectivity index is 1.49. The van der Waals surface area contributed by atoms with Crippen molar-refractivity contribution in [2.24, 2.45) is 45.6 Å². The third-order valence-corrected chi connectivity index (χ3v) is 12.5. The Hall–Kier alpha value is -0.176. The van der Waals surface area contributed by atoms with Crippen LogP contribution >= 0.6 is 0 Å². The molecule has 34 heavy (non-hydrogen) atoms. The zero-order valence-corrected chi connectivity index (χ0v) is 25.7. The Labute approximate surface area is 212 Å². The number of oxime groups is 1. The number of fused-ring (bicyclic) bond motifs is 5. The van der Waals surface area contributed by atoms with Crippen LogP contribution in [-0.2, 0) is 13.7 Å². The van der Waals surface area contributed by atoms with Crippen LogP contribution in [0.1, 0.15) is 71.6 Å². The van der Waals surface area contributed by atoms with Crippen LogP contribution in [0.2, 0.25) is 39.3 Å². The lowest BCUT2D eigenvalue weighted by Gasteiger charge is -2.61. The molecule has 0 aromatic heterocycles. The molecule has 0 spiro atoms. The molecule has 4 fully saturated rings. The molecule has 0 aromatic carbocycles. The molecule has 4 aliphatic rings. The molecule has 0 N–H and O–H groups in total. The Morgan fingerprint density at radius 1 is 0.824 bits per heavy atom. The van der Waals surface area contributed by atoms with Crippen molar-refractivity contribution < 1.29 is 13.7 Å². The molecule has 6 heteroatoms. The lowest BCUT2D eigenvalue weighted by molar-refractivity contribution is -0.121. The highest BCUT2D eigenvalue weighted by molar-refractivity contribution is 6.70. The topological polar surface area (TPSA) is 40.0 Å². The predicted molar refractivity (Wildman–Crippen MR) is 147 cm³/mol. The van der Waals surface area contributed by atoms with Crippen LogP contribution in [0, 0.1) is 40.4 Å². The Morgan fingerprint density at radius 2 is 1.50 bits per heavy atom. The first-order valence-electron chi connectivity index (χ1n) is 14.2. The molecule has 4 aliphatic carbocycles. The van der Waals surface area contributed by atoms with E-state index in [4.69, 9.17) is 13.7 Å². The molecule has 4 nitrogen and oxygen atoms in total. The van der Waals surface area contributed by atoms with Gasteiger partial charge in [-0.25, -0.2) is 0 Å². The highest BCUT2D eigenvalue weighted by Crippen LogP contribution is 2.67. The number of rotatable bonds is 7. The van der Waals surface area contributed by atoms with Crippen molar-refractivity contribution in [1.29, 1.82) is 0 Å². The standard InChI is InChI=1S/C28H53NO3Si2/c1-27-16-14-21(32-34(7,8)9)18-20(27)10-11-22-23-12-13-25(28(23,2)17-15-24(22)27)26(29-30-3)19-31-33(4,5)6/h20-25H,10-19H2,1-9H3/b29-26+/t20-,21-,22?,23?,24?,25-,27+,28+/m1/s1. The van der Waals surface area contributed by atoms with Gasteiger partial charge in [0.05, 0.1) is 12.3 Å². The first kappa shape index (κ1) is 26.9. The highest BCUT2D eigenvalue weighted by atomic mass is 28.4. The summed E-state index contributed by atoms with van der Waals surface area (Å²) in [7, 11) is -1.35. The van der Waals surface area contributed by atoms with Gasteiger partial charge in [-0.2, -0.15) is 0 Å². The highest BCUT2D eigenvalue weighted by Gasteiger charge is 2.61. The van der Waals surface area contributed by atoms with Gasteiger partial charge in [0.1, 0.15) is 7.11 Å². The fraction of sp³-hybridized carbons (Fsp3) is 0.964. The van der Waals surface area contributed by atoms with Crippen LogP contribution in [-0.4, -0.2) is 42.2 Å². The van der Waals surface area contributed by atoms with Crippen molar-refractivity contribution in [2.45, 2.75) is 117 Å². The van der Waals surface area contributed by atoms with E-state index < -0.39 is 16.6 Å². The lowest BCUT2D eigenvalue weighted by atomic mass is 9.44. The van der Waals surface area contributed by atoms with Crippen LogP contribution in [0.3, 0.4) is 0 Å². The van der Waals surface area contributed by atoms with Crippen molar-refractivity contribution in [3.05, 3.63) is 0 Å². The monoisotopic (exact) mass is 507 g/mol. The molecule has 0 amide bonds. The molecule has 3 unspecified atom stereocenters. The van der Waals surface area contributed by atoms with Crippen LogP contribution in [0.25, 0.3) is 0 Å². The van der Waals surface area contributed by atoms with E-state index in [-0.39, 0.29) is 0 Å². The van der Waals surface area contributed by atoms with Gasteiger partial charge in [0.25, 0.3) is 0 Å². The lowest BCUT2D eigenvalue weighted by Crippen LogP contribution is -2.55. The molecule has 0 bridgehead atoms. The molecule has 0 aliphatic heterocycles. The maximum atomic E-state index is 6.61. The maximum Gasteiger partial charge on any atom is 0.184 e. The van der Waals surface area contributed by atoms with E-state index >= 15 is 0 Å². The van der Waals surface area contributed by atoms with Gasteiger partial charge < -0.3 is 13.7 Å². The summed E-state index contributed by atoms with van der Waals surface area (Å²) in [5, 5.41) is 4.57. The second kappa shape index (κ2) is 9.61. The first-order valence-corrected chi connectivity index (χ1v) is 21.0. The van der Waals surface area contributed by atoms with Gasteiger partial charge in [0.15, 0.2) is 16.6 Å². The van der Waals surface area contributed by atoms with E-state index in [1.807, 2.05) is 0 Å². The fourth-order valence-corrected chi connectivity index (χ4v) is 10.8. The maximum absolute atomic E-state index is 6.61. The minimum absolute atomic E-state index is 0.350. The summed E-state index contributed by atoms with van der Waals surface area (Å²) in [5.74, 6) is 4.00. The molecule has 4 saturated carbocycles. The van der Waals surface area contributed by atoms with Gasteiger partial charge in [-0.1, -0.05) is 19.0 Å². The van der Waals surface area contributed by atoms with Gasteiger partial charge in [0, 0.05) is 12.0 Å². The molecule has 0 aromatic rings. The van der Waals surface area contributed by atoms with Gasteiger partial charge >= 0.3 is 0 Å². The molecular formula is C28H53NO3Si2. The summed E-state index contributed by atoms with van der Waals surface area (Å²) in [5.41, 5.74) is 2.05. The van der Waals surface area contributed by atoms with Gasteiger partial charge in [-0.3, -0.25) is 0 Å². The van der Waals surface area contributed by atoms with Crippen LogP contribution in [0.15, 0.2) is 5.16 Å². The van der Waals surface area contributed by atoms with E-state index in [0.717, 1.165) is 23.7 Å². The Bertz CT molecular complexity index is 760. The van der Waals surface area contributed by atoms with E-state index in [1.165, 1.54) is 63.5 Å². The summed E-state index contributed by atoms with van der Waals surface area (Å²) in [6.45, 7) is 19.8. The SMILES string of the molecule is CO/N=C(\CO[Si](C)(C)C)[C@H]1CCC2C3CC[C@@H]4C[C@H](O[Si](C)(C)C)CC[C@]4(C)C3CC[C@@]21C. The minimum Gasteiger partial charge on any atom is -0.415 e. The van der Waals surface area contributed by atoms with Crippen molar-refractivity contribution in [3.63, 3.8) is 0 Å². The van der Waals surface area contributed by atoms with Crippen molar-refractivity contribution in [2.75, 3.05) is 13.7 Å². The van der Waals surface area contributed by atoms with Crippen molar-refractivity contribution in [1.82, 2.24) is 0 Å².